The third-order valence-electron chi connectivity index (χ3n) is 2.11. The normalized spacial score (nSPS) is 24.0. The summed E-state index contributed by atoms with van der Waals surface area (Å²) in [5, 5.41) is 3.20. The zero-order valence-electron chi connectivity index (χ0n) is 7.17. The lowest BCUT2D eigenvalue weighted by atomic mass is 10.2. The standard InChI is InChI=1S/C7H16N2.2ClH/c1-8-6-7-4-3-5-9(7)2;;/h7-8H,3-6H2,1-2H3;2*1H. The number of nitrogens with zero attached hydrogens (tertiary/aromatic N) is 1. The van der Waals surface area contributed by atoms with Gasteiger partial charge >= 0.3 is 0 Å². The highest BCUT2D eigenvalue weighted by Crippen LogP contribution is 2.12. The monoisotopic (exact) mass is 200 g/mol. The van der Waals surface area contributed by atoms with Crippen LogP contribution in [-0.4, -0.2) is 38.1 Å². The lowest BCUT2D eigenvalue weighted by Crippen LogP contribution is -2.33. The van der Waals surface area contributed by atoms with Crippen LogP contribution in [0.2, 0.25) is 0 Å². The van der Waals surface area contributed by atoms with Crippen molar-refractivity contribution in [3.8, 4) is 0 Å². The lowest BCUT2D eigenvalue weighted by Gasteiger charge is -2.18. The topological polar surface area (TPSA) is 15.3 Å². The van der Waals surface area contributed by atoms with Crippen LogP contribution in [-0.2, 0) is 0 Å². The van der Waals surface area contributed by atoms with Gasteiger partial charge in [0.05, 0.1) is 0 Å². The second kappa shape index (κ2) is 7.17. The predicted molar refractivity (Wildman–Crippen MR) is 54.1 cm³/mol. The largest absolute Gasteiger partial charge is 0.318 e. The Bertz CT molecular complexity index is 90.5. The molecule has 1 heterocycles. The second-order valence-corrected chi connectivity index (χ2v) is 2.83. The number of hydrogen-bond acceptors (Lipinski definition) is 2. The van der Waals surface area contributed by atoms with Gasteiger partial charge in [0.2, 0.25) is 0 Å². The van der Waals surface area contributed by atoms with E-state index in [1.54, 1.807) is 0 Å². The molecule has 0 aliphatic carbocycles. The summed E-state index contributed by atoms with van der Waals surface area (Å²) in [6, 6.07) is 0.801. The summed E-state index contributed by atoms with van der Waals surface area (Å²) in [5.41, 5.74) is 0. The Morgan fingerprint density at radius 2 is 2.09 bits per heavy atom. The number of halogens is 2. The molecule has 1 aliphatic rings. The van der Waals surface area contributed by atoms with Gasteiger partial charge in [0.25, 0.3) is 0 Å². The summed E-state index contributed by atoms with van der Waals surface area (Å²) in [7, 11) is 4.22. The minimum absolute atomic E-state index is 0. The fourth-order valence-electron chi connectivity index (χ4n) is 1.47. The average molecular weight is 201 g/mol. The maximum absolute atomic E-state index is 3.20. The molecule has 0 spiro atoms. The molecular weight excluding hydrogens is 183 g/mol. The Morgan fingerprint density at radius 1 is 1.45 bits per heavy atom. The van der Waals surface area contributed by atoms with Crippen LogP contribution in [0.5, 0.6) is 0 Å². The Kier molecular flexibility index (Phi) is 9.15. The van der Waals surface area contributed by atoms with Crippen LogP contribution in [0.4, 0.5) is 0 Å². The maximum Gasteiger partial charge on any atom is 0.0217 e. The van der Waals surface area contributed by atoms with Gasteiger partial charge in [-0.1, -0.05) is 0 Å². The van der Waals surface area contributed by atoms with Crippen LogP contribution in [0.3, 0.4) is 0 Å². The Morgan fingerprint density at radius 3 is 2.45 bits per heavy atom. The SMILES string of the molecule is CNCC1CCCN1C.Cl.Cl. The van der Waals surface area contributed by atoms with E-state index in [1.165, 1.54) is 19.4 Å². The molecule has 0 aromatic carbocycles. The molecule has 70 valence electrons. The maximum atomic E-state index is 3.20. The van der Waals surface area contributed by atoms with Crippen molar-refractivity contribution in [3.05, 3.63) is 0 Å². The predicted octanol–water partition coefficient (Wildman–Crippen LogP) is 1.14. The van der Waals surface area contributed by atoms with E-state index < -0.39 is 0 Å². The van der Waals surface area contributed by atoms with Crippen molar-refractivity contribution in [2.75, 3.05) is 27.2 Å². The molecule has 11 heavy (non-hydrogen) atoms. The first-order chi connectivity index (χ1) is 4.34. The molecule has 0 amide bonds. The van der Waals surface area contributed by atoms with Crippen LogP contribution in [0, 0.1) is 0 Å². The first-order valence-electron chi connectivity index (χ1n) is 3.69. The molecule has 1 saturated heterocycles. The molecule has 1 fully saturated rings. The average Bonchev–Trinajstić information content (AvgIpc) is 2.18. The van der Waals surface area contributed by atoms with Crippen LogP contribution in [0.1, 0.15) is 12.8 Å². The zero-order chi connectivity index (χ0) is 6.69. The van der Waals surface area contributed by atoms with E-state index in [4.69, 9.17) is 0 Å². The van der Waals surface area contributed by atoms with E-state index in [0.717, 1.165) is 12.6 Å². The van der Waals surface area contributed by atoms with E-state index in [1.807, 2.05) is 7.05 Å². The van der Waals surface area contributed by atoms with E-state index in [2.05, 4.69) is 17.3 Å². The highest BCUT2D eigenvalue weighted by Gasteiger charge is 2.18. The summed E-state index contributed by atoms with van der Waals surface area (Å²) >= 11 is 0. The number of likely N-dealkylation sites (tertiary alicyclic amines) is 1. The summed E-state index contributed by atoms with van der Waals surface area (Å²) in [6.07, 6.45) is 2.75. The van der Waals surface area contributed by atoms with Crippen molar-refractivity contribution in [2.24, 2.45) is 0 Å². The van der Waals surface area contributed by atoms with Gasteiger partial charge in [-0.2, -0.15) is 0 Å². The molecule has 0 saturated carbocycles. The Hall–Kier alpha value is 0.500. The van der Waals surface area contributed by atoms with Gasteiger partial charge in [0.1, 0.15) is 0 Å². The molecular formula is C7H18Cl2N2. The number of hydrogen-bond donors (Lipinski definition) is 1. The molecule has 0 aromatic heterocycles. The first-order valence-corrected chi connectivity index (χ1v) is 3.69. The van der Waals surface area contributed by atoms with Crippen molar-refractivity contribution in [2.45, 2.75) is 18.9 Å². The quantitative estimate of drug-likeness (QED) is 0.720. The molecule has 1 atom stereocenters. The summed E-state index contributed by atoms with van der Waals surface area (Å²) < 4.78 is 0. The zero-order valence-corrected chi connectivity index (χ0v) is 8.80. The van der Waals surface area contributed by atoms with Gasteiger partial charge in [-0.15, -0.1) is 24.8 Å². The minimum atomic E-state index is 0. The summed E-state index contributed by atoms with van der Waals surface area (Å²) in [4.78, 5) is 2.43. The smallest absolute Gasteiger partial charge is 0.0217 e. The Balaban J connectivity index is 0. The number of rotatable bonds is 2. The third kappa shape index (κ3) is 4.16. The van der Waals surface area contributed by atoms with Crippen LogP contribution in [0.25, 0.3) is 0 Å². The van der Waals surface area contributed by atoms with Gasteiger partial charge in [0.15, 0.2) is 0 Å². The fraction of sp³-hybridized carbons (Fsp3) is 1.00. The summed E-state index contributed by atoms with van der Waals surface area (Å²) in [5.74, 6) is 0. The van der Waals surface area contributed by atoms with Crippen LogP contribution >= 0.6 is 24.8 Å². The minimum Gasteiger partial charge on any atom is -0.318 e. The fourth-order valence-corrected chi connectivity index (χ4v) is 1.47. The van der Waals surface area contributed by atoms with Crippen molar-refractivity contribution < 1.29 is 0 Å². The highest BCUT2D eigenvalue weighted by molar-refractivity contribution is 5.85. The van der Waals surface area contributed by atoms with Gasteiger partial charge in [0, 0.05) is 12.6 Å². The van der Waals surface area contributed by atoms with Crippen LogP contribution < -0.4 is 5.32 Å². The number of nitrogens with one attached hydrogen (secondary N) is 1. The molecule has 1 unspecified atom stereocenters. The highest BCUT2D eigenvalue weighted by atomic mass is 35.5. The molecule has 1 aliphatic heterocycles. The van der Waals surface area contributed by atoms with Gasteiger partial charge in [-0.3, -0.25) is 0 Å². The first kappa shape index (κ1) is 14.0. The molecule has 4 heteroatoms. The van der Waals surface area contributed by atoms with Crippen molar-refractivity contribution in [1.29, 1.82) is 0 Å². The lowest BCUT2D eigenvalue weighted by molar-refractivity contribution is 0.305. The van der Waals surface area contributed by atoms with Crippen LogP contribution in [0.15, 0.2) is 0 Å². The molecule has 1 N–H and O–H groups in total. The van der Waals surface area contributed by atoms with Gasteiger partial charge in [-0.05, 0) is 33.5 Å². The van der Waals surface area contributed by atoms with E-state index in [9.17, 15) is 0 Å². The third-order valence-corrected chi connectivity index (χ3v) is 2.11. The van der Waals surface area contributed by atoms with Gasteiger partial charge in [-0.25, -0.2) is 0 Å². The number of likely N-dealkylation sites (N-methyl/N-ethyl adjacent to an activating group) is 2. The molecule has 1 rings (SSSR count). The molecule has 0 bridgehead atoms. The molecule has 0 aromatic rings. The van der Waals surface area contributed by atoms with E-state index in [0.29, 0.717) is 0 Å². The van der Waals surface area contributed by atoms with Gasteiger partial charge < -0.3 is 10.2 Å². The van der Waals surface area contributed by atoms with E-state index >= 15 is 0 Å². The van der Waals surface area contributed by atoms with Crippen molar-refractivity contribution in [1.82, 2.24) is 10.2 Å². The summed E-state index contributed by atoms with van der Waals surface area (Å²) in [6.45, 7) is 2.43. The van der Waals surface area contributed by atoms with Crippen molar-refractivity contribution in [3.63, 3.8) is 0 Å². The second-order valence-electron chi connectivity index (χ2n) is 2.83. The molecule has 0 radical (unpaired) electrons. The van der Waals surface area contributed by atoms with Crippen molar-refractivity contribution >= 4 is 24.8 Å². The Labute approximate surface area is 81.5 Å². The van der Waals surface area contributed by atoms with E-state index in [-0.39, 0.29) is 24.8 Å². The molecule has 2 nitrogen and oxygen atoms in total.